The van der Waals surface area contributed by atoms with Gasteiger partial charge in [-0.05, 0) is 39.0 Å². The van der Waals surface area contributed by atoms with E-state index in [-0.39, 0.29) is 19.1 Å². The highest BCUT2D eigenvalue weighted by molar-refractivity contribution is 7.47. The first-order valence-corrected chi connectivity index (χ1v) is 16.0. The van der Waals surface area contributed by atoms with Crippen LogP contribution < -0.4 is 0 Å². The van der Waals surface area contributed by atoms with Gasteiger partial charge in [0.25, 0.3) is 0 Å². The van der Waals surface area contributed by atoms with Crippen LogP contribution in [0.4, 0.5) is 0 Å². The number of hydrogen-bond donors (Lipinski definition) is 1. The molecule has 0 aromatic heterocycles. The van der Waals surface area contributed by atoms with Gasteiger partial charge in [-0.15, -0.1) is 0 Å². The monoisotopic (exact) mass is 544 g/mol. The third-order valence-corrected chi connectivity index (χ3v) is 7.55. The highest BCUT2D eigenvalue weighted by Gasteiger charge is 2.29. The van der Waals surface area contributed by atoms with Crippen molar-refractivity contribution in [2.45, 2.75) is 122 Å². The van der Waals surface area contributed by atoms with Crippen LogP contribution in [-0.4, -0.2) is 61.8 Å². The van der Waals surface area contributed by atoms with Crippen molar-refractivity contribution in [3.8, 4) is 0 Å². The van der Waals surface area contributed by atoms with Crippen molar-refractivity contribution in [3.05, 3.63) is 24.3 Å². The summed E-state index contributed by atoms with van der Waals surface area (Å²) in [5, 5.41) is 0. The third-order valence-electron chi connectivity index (χ3n) is 6.47. The Bertz CT molecular complexity index is 703. The number of phosphoric acid groups is 1. The predicted molar refractivity (Wildman–Crippen MR) is 151 cm³/mol. The zero-order chi connectivity index (χ0) is 27.4. The molecule has 0 aromatic rings. The van der Waals surface area contributed by atoms with E-state index in [1.54, 1.807) is 0 Å². The molecule has 216 valence electrons. The normalized spacial score (nSPS) is 26.8. The standard InChI is InChI=1S/C29H54NO6P/c1-27-22-20-18-16-14-12-10-8-6-5-7-9-11-13-15-17-19-21-23-28(26-29(31)35-27)36-37(32,33)34-25-24-30(2,3)4/h10,12,18,20,27-28H,5-9,11,13-17,19,21-26H2,1-4H3/p+1/b12-10+,20-18+/t27-,28-/m0/s1. The molecule has 37 heavy (non-hydrogen) atoms. The number of quaternary nitrogens is 1. The van der Waals surface area contributed by atoms with Gasteiger partial charge in [-0.1, -0.05) is 82.1 Å². The van der Waals surface area contributed by atoms with Gasteiger partial charge in [0.15, 0.2) is 0 Å². The number of rotatable bonds is 6. The van der Waals surface area contributed by atoms with Crippen LogP contribution in [0.3, 0.4) is 0 Å². The van der Waals surface area contributed by atoms with E-state index in [1.807, 2.05) is 28.1 Å². The summed E-state index contributed by atoms with van der Waals surface area (Å²) < 4.78 is 29.4. The average Bonchev–Trinajstić information content (AvgIpc) is 2.78. The summed E-state index contributed by atoms with van der Waals surface area (Å²) in [6.45, 7) is 2.54. The number of phosphoric ester groups is 1. The van der Waals surface area contributed by atoms with Gasteiger partial charge in [0, 0.05) is 6.42 Å². The fourth-order valence-electron chi connectivity index (χ4n) is 4.23. The number of nitrogens with zero attached hydrogens (tertiary/aromatic N) is 1. The molecule has 1 rings (SSSR count). The van der Waals surface area contributed by atoms with Gasteiger partial charge >= 0.3 is 13.8 Å². The van der Waals surface area contributed by atoms with E-state index >= 15 is 0 Å². The number of hydrogen-bond acceptors (Lipinski definition) is 5. The van der Waals surface area contributed by atoms with Gasteiger partial charge in [-0.2, -0.15) is 0 Å². The van der Waals surface area contributed by atoms with E-state index in [0.29, 0.717) is 23.9 Å². The summed E-state index contributed by atoms with van der Waals surface area (Å²) >= 11 is 0. The summed E-state index contributed by atoms with van der Waals surface area (Å²) in [6.07, 6.45) is 24.0. The average molecular weight is 545 g/mol. The van der Waals surface area contributed by atoms with Crippen molar-refractivity contribution >= 4 is 13.8 Å². The molecule has 0 fully saturated rings. The lowest BCUT2D eigenvalue weighted by atomic mass is 10.0. The van der Waals surface area contributed by atoms with Crippen LogP contribution >= 0.6 is 7.82 Å². The van der Waals surface area contributed by atoms with Crippen LogP contribution in [0.15, 0.2) is 24.3 Å². The van der Waals surface area contributed by atoms with Gasteiger partial charge in [0.2, 0.25) is 0 Å². The van der Waals surface area contributed by atoms with Crippen LogP contribution in [0.2, 0.25) is 0 Å². The molecule has 1 aliphatic heterocycles. The minimum Gasteiger partial charge on any atom is -0.462 e. The highest BCUT2D eigenvalue weighted by Crippen LogP contribution is 2.45. The van der Waals surface area contributed by atoms with Crippen LogP contribution in [0.1, 0.15) is 110 Å². The second-order valence-corrected chi connectivity index (χ2v) is 12.8. The molecule has 7 nitrogen and oxygen atoms in total. The lowest BCUT2D eigenvalue weighted by Gasteiger charge is -2.25. The number of allylic oxidation sites excluding steroid dienone is 3. The van der Waals surface area contributed by atoms with Gasteiger partial charge in [0.05, 0.1) is 33.7 Å². The SMILES string of the molecule is C[C@H]1C/C=C/CC/C=C/CCCCCCCCCCCC[C@H](OP(=O)(O)OCC[N+](C)(C)C)CC(=O)O1. The molecule has 0 bridgehead atoms. The summed E-state index contributed by atoms with van der Waals surface area (Å²) in [5.74, 6) is -0.408. The topological polar surface area (TPSA) is 82.1 Å². The lowest BCUT2D eigenvalue weighted by molar-refractivity contribution is -0.870. The Hall–Kier alpha value is -0.980. The Morgan fingerprint density at radius 2 is 1.43 bits per heavy atom. The maximum Gasteiger partial charge on any atom is 0.472 e. The van der Waals surface area contributed by atoms with Crippen molar-refractivity contribution in [2.24, 2.45) is 0 Å². The van der Waals surface area contributed by atoms with E-state index in [1.165, 1.54) is 51.4 Å². The molecule has 0 saturated carbocycles. The Morgan fingerprint density at radius 3 is 2.05 bits per heavy atom. The Kier molecular flexibility index (Phi) is 18.4. The van der Waals surface area contributed by atoms with Gasteiger partial charge in [-0.25, -0.2) is 4.57 Å². The summed E-state index contributed by atoms with van der Waals surface area (Å²) in [5.41, 5.74) is 0. The minimum atomic E-state index is -4.26. The van der Waals surface area contributed by atoms with Gasteiger partial charge in [-0.3, -0.25) is 13.8 Å². The van der Waals surface area contributed by atoms with Gasteiger partial charge in [0.1, 0.15) is 19.3 Å². The Balaban J connectivity index is 2.65. The molecule has 1 unspecified atom stereocenters. The molecule has 1 N–H and O–H groups in total. The molecule has 3 atom stereocenters. The first-order chi connectivity index (χ1) is 17.6. The molecule has 1 aliphatic rings. The number of cyclic esters (lactones) is 1. The van der Waals surface area contributed by atoms with E-state index in [0.717, 1.165) is 32.1 Å². The summed E-state index contributed by atoms with van der Waals surface area (Å²) in [4.78, 5) is 22.9. The summed E-state index contributed by atoms with van der Waals surface area (Å²) in [6, 6.07) is 0. The van der Waals surface area contributed by atoms with Crippen molar-refractivity contribution in [3.63, 3.8) is 0 Å². The maximum absolute atomic E-state index is 12.6. The molecule has 0 aliphatic carbocycles. The van der Waals surface area contributed by atoms with Crippen LogP contribution in [0.25, 0.3) is 0 Å². The molecule has 0 aromatic carbocycles. The molecule has 0 radical (unpaired) electrons. The Labute approximate surface area is 226 Å². The molecule has 0 amide bonds. The lowest BCUT2D eigenvalue weighted by Crippen LogP contribution is -2.37. The zero-order valence-corrected chi connectivity index (χ0v) is 25.0. The highest BCUT2D eigenvalue weighted by atomic mass is 31.2. The van der Waals surface area contributed by atoms with Crippen molar-refractivity contribution in [1.29, 1.82) is 0 Å². The van der Waals surface area contributed by atoms with Crippen molar-refractivity contribution in [2.75, 3.05) is 34.3 Å². The molecule has 1 heterocycles. The second kappa shape index (κ2) is 20.0. The molecule has 0 saturated heterocycles. The first-order valence-electron chi connectivity index (χ1n) is 14.5. The predicted octanol–water partition coefficient (Wildman–Crippen LogP) is 7.49. The molecular formula is C29H55NO6P+. The van der Waals surface area contributed by atoms with Crippen molar-refractivity contribution in [1.82, 2.24) is 0 Å². The van der Waals surface area contributed by atoms with E-state index in [9.17, 15) is 14.3 Å². The molecular weight excluding hydrogens is 489 g/mol. The zero-order valence-electron chi connectivity index (χ0n) is 24.1. The number of likely N-dealkylation sites (N-methyl/N-ethyl adjacent to an activating group) is 1. The fourth-order valence-corrected chi connectivity index (χ4v) is 5.16. The van der Waals surface area contributed by atoms with E-state index in [4.69, 9.17) is 13.8 Å². The first kappa shape index (κ1) is 34.0. The number of carbonyl (C=O) groups is 1. The fraction of sp³-hybridized carbons (Fsp3) is 0.828. The van der Waals surface area contributed by atoms with Crippen LogP contribution in [-0.2, 0) is 23.1 Å². The van der Waals surface area contributed by atoms with Crippen molar-refractivity contribution < 1.29 is 32.5 Å². The smallest absolute Gasteiger partial charge is 0.462 e. The number of esters is 1. The molecule has 8 heteroatoms. The van der Waals surface area contributed by atoms with E-state index < -0.39 is 19.9 Å². The van der Waals surface area contributed by atoms with Gasteiger partial charge < -0.3 is 14.1 Å². The minimum absolute atomic E-state index is 0.0535. The van der Waals surface area contributed by atoms with E-state index in [2.05, 4.69) is 24.3 Å². The second-order valence-electron chi connectivity index (χ2n) is 11.4. The maximum atomic E-state index is 12.6. The number of ether oxygens (including phenoxy) is 1. The molecule has 0 spiro atoms. The quantitative estimate of drug-likeness (QED) is 0.161. The van der Waals surface area contributed by atoms with Crippen LogP contribution in [0.5, 0.6) is 0 Å². The summed E-state index contributed by atoms with van der Waals surface area (Å²) in [7, 11) is 1.68. The van der Waals surface area contributed by atoms with Crippen LogP contribution in [0, 0.1) is 0 Å². The third kappa shape index (κ3) is 21.6. The number of carbonyl (C=O) groups excluding carboxylic acids is 1. The largest absolute Gasteiger partial charge is 0.472 e. The Morgan fingerprint density at radius 1 is 0.892 bits per heavy atom.